The van der Waals surface area contributed by atoms with Crippen LogP contribution in [-0.4, -0.2) is 14.8 Å². The maximum atomic E-state index is 11.0. The van der Waals surface area contributed by atoms with Gasteiger partial charge < -0.3 is 0 Å². The van der Waals surface area contributed by atoms with Crippen molar-refractivity contribution in [3.63, 3.8) is 0 Å². The predicted molar refractivity (Wildman–Crippen MR) is 35.8 cm³/mol. The van der Waals surface area contributed by atoms with Crippen LogP contribution < -0.4 is 5.43 Å². The average Bonchev–Trinajstić information content (AvgIpc) is 2.36. The second-order valence-corrected chi connectivity index (χ2v) is 1.95. The minimum atomic E-state index is -0.0174. The third-order valence-corrected chi connectivity index (χ3v) is 1.33. The third kappa shape index (κ3) is 0.556. The lowest BCUT2D eigenvalue weighted by Crippen LogP contribution is -2.05. The van der Waals surface area contributed by atoms with Gasteiger partial charge in [0.25, 0.3) is 0 Å². The minimum absolute atomic E-state index is 0.0174. The van der Waals surface area contributed by atoms with E-state index in [4.69, 9.17) is 0 Å². The van der Waals surface area contributed by atoms with Crippen LogP contribution in [0, 0.1) is 0 Å². The Morgan fingerprint density at radius 2 is 2.40 bits per heavy atom. The van der Waals surface area contributed by atoms with E-state index in [1.54, 1.807) is 18.5 Å². The number of aromatic nitrogens is 3. The largest absolute Gasteiger partial charge is 0.287 e. The summed E-state index contributed by atoms with van der Waals surface area (Å²) in [6, 6.07) is 3.13. The molecule has 0 unspecified atom stereocenters. The first-order valence-electron chi connectivity index (χ1n) is 2.89. The van der Waals surface area contributed by atoms with Gasteiger partial charge >= 0.3 is 0 Å². The first kappa shape index (κ1) is 5.22. The summed E-state index contributed by atoms with van der Waals surface area (Å²) in [5.74, 6) is 0. The molecule has 2 heterocycles. The van der Waals surface area contributed by atoms with Crippen molar-refractivity contribution in [3.8, 4) is 0 Å². The van der Waals surface area contributed by atoms with Crippen molar-refractivity contribution in [1.29, 1.82) is 0 Å². The zero-order valence-electron chi connectivity index (χ0n) is 5.11. The maximum Gasteiger partial charge on any atom is 0.207 e. The lowest BCUT2D eigenvalue weighted by atomic mass is 10.4. The molecule has 2 aromatic rings. The van der Waals surface area contributed by atoms with Crippen molar-refractivity contribution in [2.24, 2.45) is 0 Å². The number of nitrogens with zero attached hydrogens (tertiary/aromatic N) is 2. The molecule has 0 atom stereocenters. The lowest BCUT2D eigenvalue weighted by molar-refractivity contribution is 0.796. The third-order valence-electron chi connectivity index (χ3n) is 1.33. The molecule has 0 aliphatic rings. The van der Waals surface area contributed by atoms with E-state index in [-0.39, 0.29) is 5.43 Å². The van der Waals surface area contributed by atoms with E-state index in [0.29, 0.717) is 5.52 Å². The summed E-state index contributed by atoms with van der Waals surface area (Å²) >= 11 is 0. The number of hydrogen-bond donors (Lipinski definition) is 1. The van der Waals surface area contributed by atoms with Gasteiger partial charge in [0.05, 0.1) is 6.20 Å². The van der Waals surface area contributed by atoms with Crippen molar-refractivity contribution in [3.05, 3.63) is 34.7 Å². The number of H-pyrrole nitrogens is 1. The van der Waals surface area contributed by atoms with Crippen LogP contribution in [0.15, 0.2) is 29.3 Å². The van der Waals surface area contributed by atoms with E-state index in [1.165, 1.54) is 10.7 Å². The highest BCUT2D eigenvalue weighted by molar-refractivity contribution is 5.42. The Kier molecular flexibility index (Phi) is 0.887. The molecular formula is C6H5N3O. The molecule has 4 heteroatoms. The van der Waals surface area contributed by atoms with Gasteiger partial charge in [-0.25, -0.2) is 0 Å². The topological polar surface area (TPSA) is 50.2 Å². The van der Waals surface area contributed by atoms with Crippen LogP contribution >= 0.6 is 0 Å². The zero-order valence-corrected chi connectivity index (χ0v) is 5.11. The highest BCUT2D eigenvalue weighted by atomic mass is 16.1. The number of nitrogens with one attached hydrogen (secondary N) is 1. The molecule has 0 radical (unpaired) electrons. The molecule has 4 nitrogen and oxygen atoms in total. The van der Waals surface area contributed by atoms with Gasteiger partial charge in [0.1, 0.15) is 5.52 Å². The van der Waals surface area contributed by atoms with E-state index < -0.39 is 0 Å². The fraction of sp³-hybridized carbons (Fsp3) is 0. The molecule has 1 N–H and O–H groups in total. The summed E-state index contributed by atoms with van der Waals surface area (Å²) in [6.45, 7) is 0. The Balaban J connectivity index is 3.09. The van der Waals surface area contributed by atoms with Crippen molar-refractivity contribution in [1.82, 2.24) is 14.8 Å². The van der Waals surface area contributed by atoms with Gasteiger partial charge in [0.2, 0.25) is 5.43 Å². The molecule has 0 aliphatic carbocycles. The fourth-order valence-electron chi connectivity index (χ4n) is 0.862. The van der Waals surface area contributed by atoms with E-state index in [1.807, 2.05) is 0 Å². The molecule has 0 aliphatic heterocycles. The van der Waals surface area contributed by atoms with Gasteiger partial charge in [-0.3, -0.25) is 9.89 Å². The Bertz CT molecular complexity index is 400. The van der Waals surface area contributed by atoms with Gasteiger partial charge in [0, 0.05) is 12.3 Å². The molecule has 0 bridgehead atoms. The van der Waals surface area contributed by atoms with Crippen LogP contribution in [0.2, 0.25) is 0 Å². The highest BCUT2D eigenvalue weighted by Crippen LogP contribution is 1.88. The summed E-state index contributed by atoms with van der Waals surface area (Å²) in [5, 5.41) is 6.62. The molecule has 10 heavy (non-hydrogen) atoms. The van der Waals surface area contributed by atoms with Gasteiger partial charge in [-0.15, -0.1) is 0 Å². The molecule has 0 aromatic carbocycles. The van der Waals surface area contributed by atoms with Crippen LogP contribution in [0.1, 0.15) is 0 Å². The average molecular weight is 135 g/mol. The molecule has 2 rings (SSSR count). The zero-order chi connectivity index (χ0) is 6.97. The van der Waals surface area contributed by atoms with Crippen LogP contribution in [0.25, 0.3) is 5.52 Å². The predicted octanol–water partition coefficient (Wildman–Crippen LogP) is 0.0226. The van der Waals surface area contributed by atoms with Crippen molar-refractivity contribution in [2.45, 2.75) is 0 Å². The van der Waals surface area contributed by atoms with Crippen LogP contribution in [0.5, 0.6) is 0 Å². The SMILES string of the molecule is O=c1cc[nH]n2nccc12. The van der Waals surface area contributed by atoms with Crippen molar-refractivity contribution < 1.29 is 0 Å². The standard InChI is InChI=1S/C6H5N3O/c10-6-2-4-8-9-5(6)1-3-7-9/h1-4,8H. The highest BCUT2D eigenvalue weighted by Gasteiger charge is 1.93. The van der Waals surface area contributed by atoms with Gasteiger partial charge in [-0.2, -0.15) is 9.73 Å². The van der Waals surface area contributed by atoms with Crippen LogP contribution in [0.4, 0.5) is 0 Å². The summed E-state index contributed by atoms with van der Waals surface area (Å²) < 4.78 is 1.43. The van der Waals surface area contributed by atoms with E-state index in [2.05, 4.69) is 10.2 Å². The van der Waals surface area contributed by atoms with Gasteiger partial charge in [-0.05, 0) is 6.07 Å². The molecule has 0 amide bonds. The second-order valence-electron chi connectivity index (χ2n) is 1.95. The molecule has 0 fully saturated rings. The van der Waals surface area contributed by atoms with Gasteiger partial charge in [-0.1, -0.05) is 0 Å². The molecular weight excluding hydrogens is 130 g/mol. The number of aromatic amines is 1. The van der Waals surface area contributed by atoms with E-state index in [0.717, 1.165) is 0 Å². The van der Waals surface area contributed by atoms with E-state index >= 15 is 0 Å². The summed E-state index contributed by atoms with van der Waals surface area (Å²) in [6.07, 6.45) is 3.13. The summed E-state index contributed by atoms with van der Waals surface area (Å²) in [5.41, 5.74) is 0.554. The maximum absolute atomic E-state index is 11.0. The van der Waals surface area contributed by atoms with Crippen LogP contribution in [0.3, 0.4) is 0 Å². The normalized spacial score (nSPS) is 10.4. The quantitative estimate of drug-likeness (QED) is 0.553. The summed E-state index contributed by atoms with van der Waals surface area (Å²) in [4.78, 5) is 11.0. The number of rotatable bonds is 0. The summed E-state index contributed by atoms with van der Waals surface area (Å²) in [7, 11) is 0. The van der Waals surface area contributed by atoms with E-state index in [9.17, 15) is 4.79 Å². The molecule has 0 spiro atoms. The van der Waals surface area contributed by atoms with Crippen molar-refractivity contribution >= 4 is 5.52 Å². The Morgan fingerprint density at radius 3 is 3.20 bits per heavy atom. The van der Waals surface area contributed by atoms with Crippen LogP contribution in [-0.2, 0) is 0 Å². The minimum Gasteiger partial charge on any atom is -0.287 e. The fourth-order valence-corrected chi connectivity index (χ4v) is 0.862. The lowest BCUT2D eigenvalue weighted by Gasteiger charge is -1.87. The molecule has 50 valence electrons. The Morgan fingerprint density at radius 1 is 1.50 bits per heavy atom. The Hall–Kier alpha value is -1.58. The first-order valence-corrected chi connectivity index (χ1v) is 2.89. The monoisotopic (exact) mass is 135 g/mol. The first-order chi connectivity index (χ1) is 4.88. The van der Waals surface area contributed by atoms with Crippen molar-refractivity contribution in [2.75, 3.05) is 0 Å². The number of fused-ring (bicyclic) bond motifs is 1. The molecule has 0 saturated heterocycles. The second kappa shape index (κ2) is 1.70. The number of hydrogen-bond acceptors (Lipinski definition) is 2. The van der Waals surface area contributed by atoms with Gasteiger partial charge in [0.15, 0.2) is 0 Å². The Labute approximate surface area is 56.1 Å². The smallest absolute Gasteiger partial charge is 0.207 e. The molecule has 0 saturated carbocycles. The molecule has 2 aromatic heterocycles.